The maximum Gasteiger partial charge on any atom is 0.309 e. The summed E-state index contributed by atoms with van der Waals surface area (Å²) in [6.45, 7) is 7.06. The number of unbranched alkanes of at least 4 members (excludes halogenated alkanes) is 2. The van der Waals surface area contributed by atoms with Crippen LogP contribution in [0.15, 0.2) is 12.7 Å². The monoisotopic (exact) mass is 356 g/mol. The topological polar surface area (TPSA) is 81.5 Å². The van der Waals surface area contributed by atoms with Crippen molar-refractivity contribution in [3.8, 4) is 0 Å². The lowest BCUT2D eigenvalue weighted by Crippen LogP contribution is -2.51. The van der Waals surface area contributed by atoms with E-state index in [0.717, 1.165) is 43.7 Å². The van der Waals surface area contributed by atoms with E-state index in [4.69, 9.17) is 4.74 Å². The molecular formula is C16H28N4O3S. The van der Waals surface area contributed by atoms with Gasteiger partial charge in [0.25, 0.3) is 0 Å². The van der Waals surface area contributed by atoms with Crippen molar-refractivity contribution >= 4 is 16.5 Å². The van der Waals surface area contributed by atoms with E-state index < -0.39 is 10.9 Å². The predicted molar refractivity (Wildman–Crippen MR) is 96.4 cm³/mol. The van der Waals surface area contributed by atoms with Gasteiger partial charge in [-0.15, -0.1) is 11.7 Å². The van der Waals surface area contributed by atoms with Gasteiger partial charge in [-0.1, -0.05) is 24.5 Å². The fourth-order valence-electron chi connectivity index (χ4n) is 2.96. The highest BCUT2D eigenvalue weighted by Crippen LogP contribution is 2.36. The molecule has 3 unspecified atom stereocenters. The second-order valence-electron chi connectivity index (χ2n) is 6.20. The van der Waals surface area contributed by atoms with Crippen LogP contribution < -0.4 is 4.65 Å². The number of nitrogens with zero attached hydrogens (tertiary/aromatic N) is 4. The number of aryl methyl sites for hydroxylation is 1. The summed E-state index contributed by atoms with van der Waals surface area (Å²) in [5.74, 6) is 0. The molecule has 1 aromatic heterocycles. The highest BCUT2D eigenvalue weighted by atomic mass is 32.1. The van der Waals surface area contributed by atoms with Gasteiger partial charge in [0.05, 0.1) is 6.61 Å². The summed E-state index contributed by atoms with van der Waals surface area (Å²) in [5, 5.41) is 33.4. The predicted octanol–water partition coefficient (Wildman–Crippen LogP) is 2.26. The Kier molecular flexibility index (Phi) is 7.27. The van der Waals surface area contributed by atoms with E-state index in [2.05, 4.69) is 23.7 Å². The van der Waals surface area contributed by atoms with Gasteiger partial charge in [-0.2, -0.15) is 0 Å². The molecule has 1 aliphatic heterocycles. The minimum atomic E-state index is -1.11. The van der Waals surface area contributed by atoms with Crippen LogP contribution in [0.25, 0.3) is 0 Å². The van der Waals surface area contributed by atoms with E-state index in [1.165, 1.54) is 11.3 Å². The molecule has 24 heavy (non-hydrogen) atoms. The van der Waals surface area contributed by atoms with Crippen molar-refractivity contribution in [1.82, 2.24) is 19.7 Å². The van der Waals surface area contributed by atoms with Gasteiger partial charge in [0.2, 0.25) is 6.23 Å². The van der Waals surface area contributed by atoms with Gasteiger partial charge in [0, 0.05) is 20.1 Å². The number of ether oxygens (including phenoxy) is 1. The Morgan fingerprint density at radius 3 is 2.96 bits per heavy atom. The van der Waals surface area contributed by atoms with Gasteiger partial charge in [0.15, 0.2) is 0 Å². The second kappa shape index (κ2) is 8.98. The van der Waals surface area contributed by atoms with Crippen LogP contribution in [0.4, 0.5) is 5.13 Å². The third kappa shape index (κ3) is 4.19. The van der Waals surface area contributed by atoms with Gasteiger partial charge in [-0.25, -0.2) is 4.90 Å². The molecule has 0 aromatic carbocycles. The summed E-state index contributed by atoms with van der Waals surface area (Å²) in [7, 11) is 1.58. The number of rotatable bonds is 10. The Labute approximate surface area is 147 Å². The number of aromatic nitrogens is 2. The maximum atomic E-state index is 13.3. The molecule has 0 amide bonds. The Morgan fingerprint density at radius 2 is 2.29 bits per heavy atom. The quantitative estimate of drug-likeness (QED) is 0.300. The summed E-state index contributed by atoms with van der Waals surface area (Å²) < 4.78 is 4.36. The van der Waals surface area contributed by atoms with Gasteiger partial charge < -0.3 is 15.1 Å². The van der Waals surface area contributed by atoms with Gasteiger partial charge in [0.1, 0.15) is 17.7 Å². The van der Waals surface area contributed by atoms with E-state index in [1.54, 1.807) is 7.11 Å². The fraction of sp³-hybridized carbons (Fsp3) is 0.750. The SMILES string of the molecule is C=CCCCN1C[N+]([O-])(c2nnc(CCCC)s2)C(O)C1COC. The zero-order chi connectivity index (χ0) is 17.6. The molecule has 0 bridgehead atoms. The first kappa shape index (κ1) is 19.4. The summed E-state index contributed by atoms with van der Waals surface area (Å²) in [5.41, 5.74) is 0. The minimum absolute atomic E-state index is 0.175. The first-order valence-corrected chi connectivity index (χ1v) is 9.32. The molecule has 2 heterocycles. The fourth-order valence-corrected chi connectivity index (χ4v) is 3.90. The number of allylic oxidation sites excluding steroid dienone is 1. The summed E-state index contributed by atoms with van der Waals surface area (Å²) in [6.07, 6.45) is 5.45. The summed E-state index contributed by atoms with van der Waals surface area (Å²) in [4.78, 5) is 2.00. The number of aliphatic hydroxyl groups excluding tert-OH is 1. The van der Waals surface area contributed by atoms with Crippen LogP contribution in [0.3, 0.4) is 0 Å². The molecule has 8 heteroatoms. The Hall–Kier alpha value is -0.900. The van der Waals surface area contributed by atoms with Crippen molar-refractivity contribution < 1.29 is 9.84 Å². The molecule has 1 N–H and O–H groups in total. The molecule has 0 spiro atoms. The van der Waals surface area contributed by atoms with Crippen molar-refractivity contribution in [2.24, 2.45) is 0 Å². The van der Waals surface area contributed by atoms with E-state index in [0.29, 0.717) is 11.7 Å². The van der Waals surface area contributed by atoms with Crippen LogP contribution in [-0.4, -0.2) is 59.4 Å². The van der Waals surface area contributed by atoms with Gasteiger partial charge in [-0.05, 0) is 30.6 Å². The lowest BCUT2D eigenvalue weighted by atomic mass is 10.2. The number of hydroxylamine groups is 2. The third-order valence-electron chi connectivity index (χ3n) is 4.35. The Bertz CT molecular complexity index is 527. The molecule has 1 aliphatic rings. The lowest BCUT2D eigenvalue weighted by Gasteiger charge is -2.37. The largest absolute Gasteiger partial charge is 0.623 e. The Balaban J connectivity index is 2.14. The standard InChI is InChI=1S/C16H28N4O3S/c1-4-6-8-10-19-12-20(22,15(21)13(19)11-23-3)16-18-17-14(24-16)9-7-5-2/h4,13,15,21H,1,5-12H2,2-3H3. The first-order valence-electron chi connectivity index (χ1n) is 8.50. The van der Waals surface area contributed by atoms with Crippen molar-refractivity contribution in [3.63, 3.8) is 0 Å². The first-order chi connectivity index (χ1) is 11.6. The van der Waals surface area contributed by atoms with Crippen molar-refractivity contribution in [3.05, 3.63) is 22.9 Å². The van der Waals surface area contributed by atoms with E-state index in [-0.39, 0.29) is 12.7 Å². The number of quaternary nitrogens is 1. The average Bonchev–Trinajstić information content (AvgIpc) is 3.14. The van der Waals surface area contributed by atoms with Crippen molar-refractivity contribution in [2.45, 2.75) is 51.3 Å². The number of hydrogen-bond acceptors (Lipinski definition) is 7. The molecule has 136 valence electrons. The highest BCUT2D eigenvalue weighted by molar-refractivity contribution is 7.15. The highest BCUT2D eigenvalue weighted by Gasteiger charge is 2.50. The second-order valence-corrected chi connectivity index (χ2v) is 7.24. The average molecular weight is 356 g/mol. The molecular weight excluding hydrogens is 328 g/mol. The molecule has 2 rings (SSSR count). The minimum Gasteiger partial charge on any atom is -0.623 e. The molecule has 0 radical (unpaired) electrons. The van der Waals surface area contributed by atoms with Crippen LogP contribution in [0.2, 0.25) is 0 Å². The van der Waals surface area contributed by atoms with Crippen molar-refractivity contribution in [2.75, 3.05) is 26.9 Å². The van der Waals surface area contributed by atoms with E-state index >= 15 is 0 Å². The molecule has 1 saturated heterocycles. The van der Waals surface area contributed by atoms with E-state index in [9.17, 15) is 10.3 Å². The van der Waals surface area contributed by atoms with Gasteiger partial charge >= 0.3 is 5.13 Å². The van der Waals surface area contributed by atoms with E-state index in [1.807, 2.05) is 11.0 Å². The number of aliphatic hydroxyl groups is 1. The van der Waals surface area contributed by atoms with Crippen LogP contribution in [-0.2, 0) is 11.2 Å². The Morgan fingerprint density at radius 1 is 1.50 bits per heavy atom. The van der Waals surface area contributed by atoms with Crippen LogP contribution >= 0.6 is 11.3 Å². The van der Waals surface area contributed by atoms with Crippen LogP contribution in [0.1, 0.15) is 37.6 Å². The normalized spacial score (nSPS) is 27.7. The molecule has 1 aromatic rings. The molecule has 0 saturated carbocycles. The van der Waals surface area contributed by atoms with Crippen molar-refractivity contribution in [1.29, 1.82) is 0 Å². The zero-order valence-corrected chi connectivity index (χ0v) is 15.4. The molecule has 1 fully saturated rings. The zero-order valence-electron chi connectivity index (χ0n) is 14.6. The smallest absolute Gasteiger partial charge is 0.309 e. The summed E-state index contributed by atoms with van der Waals surface area (Å²) >= 11 is 1.32. The molecule has 3 atom stereocenters. The molecule has 0 aliphatic carbocycles. The van der Waals surface area contributed by atoms with Crippen LogP contribution in [0, 0.1) is 5.21 Å². The lowest BCUT2D eigenvalue weighted by molar-refractivity contribution is 0.0191. The summed E-state index contributed by atoms with van der Waals surface area (Å²) in [6, 6.07) is -0.333. The van der Waals surface area contributed by atoms with Crippen LogP contribution in [0.5, 0.6) is 0 Å². The number of methoxy groups -OCH3 is 1. The third-order valence-corrected chi connectivity index (χ3v) is 5.44. The molecule has 7 nitrogen and oxygen atoms in total. The maximum absolute atomic E-state index is 13.3. The van der Waals surface area contributed by atoms with Gasteiger partial charge in [-0.3, -0.25) is 4.65 Å². The number of hydrogen-bond donors (Lipinski definition) is 1.